The van der Waals surface area contributed by atoms with Gasteiger partial charge in [-0.25, -0.2) is 14.8 Å². The van der Waals surface area contributed by atoms with Gasteiger partial charge in [0, 0.05) is 343 Å². The van der Waals surface area contributed by atoms with Crippen molar-refractivity contribution < 1.29 is 72.4 Å². The summed E-state index contributed by atoms with van der Waals surface area (Å²) in [6.07, 6.45) is 1.17. The van der Waals surface area contributed by atoms with Crippen LogP contribution in [0.5, 0.6) is 11.8 Å². The van der Waals surface area contributed by atoms with Crippen LogP contribution in [0.3, 0.4) is 0 Å². The summed E-state index contributed by atoms with van der Waals surface area (Å²) in [6, 6.07) is 21.0. The minimum Gasteiger partial charge on any atom is -0.481 e. The zero-order valence-electron chi connectivity index (χ0n) is 65.2. The second kappa shape index (κ2) is 67.1. The minimum absolute atomic E-state index is 0. The average molecular weight is 1920 g/mol. The number of nitrogens with zero attached hydrogens (tertiary/aromatic N) is 8. The highest BCUT2D eigenvalue weighted by atomic mass is 79.9. The zero-order chi connectivity index (χ0) is 88.9. The molecule has 0 aromatic carbocycles. The third kappa shape index (κ3) is 53.9. The topological polar surface area (TPSA) is 310 Å². The highest BCUT2D eigenvalue weighted by molar-refractivity contribution is 9.11. The number of pyridine rings is 6. The fourth-order valence-electron chi connectivity index (χ4n) is 9.52. The molecule has 3 N–H and O–H groups in total. The Balaban J connectivity index is -0.00000131. The number of carbonyl (C=O) groups is 7. The molecule has 23 nitrogen and oxygen atoms in total. The number of carboxylic acid groups (broad SMARTS) is 1. The van der Waals surface area contributed by atoms with Gasteiger partial charge in [0.2, 0.25) is 11.8 Å². The van der Waals surface area contributed by atoms with E-state index in [0.29, 0.717) is 62.3 Å². The zero-order valence-corrected chi connectivity index (χ0v) is 74.7. The summed E-state index contributed by atoms with van der Waals surface area (Å²) in [5, 5.41) is 26.3. The Morgan fingerprint density at radius 1 is 0.427 bits per heavy atom. The van der Waals surface area contributed by atoms with Crippen LogP contribution in [0.2, 0.25) is 0 Å². The van der Waals surface area contributed by atoms with Gasteiger partial charge >= 0.3 is 31.0 Å². The molecule has 0 aliphatic rings. The molecule has 6 aromatic rings. The SMILES string of the molecule is C.CCOC(=O)/C=C/c1ccc(Br)cn1.CCOC(=O)CBr.CCOC(=O)CCc1ccc(Br)cn1.CN(C)C(=O)COc1ccc(B(O)O)cn1.CN(C)C(=O)COc1ccc(Br)cn1.O=C(O)CCc1ccc(Br)cn1.O=Cc1ccc(Br)cn1.[B]B([B])B(B([B])[B])B(B(B([B])[B])B([B])[B])B(B(B([B])[B])B([B])[B])B(B([B])[B])B([B])[B]. The van der Waals surface area contributed by atoms with Gasteiger partial charge in [-0.15, -0.1) is 0 Å². The van der Waals surface area contributed by atoms with Crippen LogP contribution < -0.4 is 14.9 Å². The van der Waals surface area contributed by atoms with Crippen molar-refractivity contribution in [2.24, 2.45) is 0 Å². The Bertz CT molecular complexity index is 3660. The van der Waals surface area contributed by atoms with Crippen molar-refractivity contribution >= 4 is 369 Å². The molecule has 0 unspecified atom stereocenters. The lowest BCUT2D eigenvalue weighted by atomic mass is 8.31. The van der Waals surface area contributed by atoms with E-state index < -0.39 is 102 Å². The lowest BCUT2D eigenvalue weighted by Crippen LogP contribution is -2.88. The molecule has 0 saturated carbocycles. The number of carbonyl (C=O) groups excluding carboxylic acids is 6. The molecular formula is C57H69B31Br6N8O15. The standard InChI is InChI=1S/C10H12BrNO2.C10H10BrNO2.C9H13BN2O4.C9H11BrN2O2.C8H8BrNO2.C6H4BrNO.C4H7BrO2.CH4.B30/c2*1-2-14-10(13)6-5-9-4-3-8(11)7-12-9;1-12(2)9(13)6-16-8-4-3-7(5-11-8)10(14)15;1-12(2)9(13)6-14-8-4-3-7(10)5-11-8;9-6-1-2-7(10-5-6)3-4-8(11)12;7-5-1-2-6(4-9)8-3-5;1-2-7-4(6)3-5;;1-17(2)25(18(3)4)29(26(19(5)6)20(7)8)30(27(21(9)10)22(11)12)28(23(13)14)24(15)16/h3-4,7H,2,5-6H2,1H3;3-7H,2H2,1H3;3-5,14-15H,6H2,1-2H3;3-5H,6H2,1-2H3;1-2,5H,3-4H2,(H,11,12);1-4H;2-3H2,1H3;1H4;/b;6-5+;;;;;;;. The van der Waals surface area contributed by atoms with Crippen LogP contribution in [0.15, 0.2) is 138 Å². The van der Waals surface area contributed by atoms with E-state index in [1.807, 2.05) is 36.4 Å². The first kappa shape index (κ1) is 117. The van der Waals surface area contributed by atoms with E-state index in [9.17, 15) is 33.6 Å². The summed E-state index contributed by atoms with van der Waals surface area (Å²) in [5.41, 5.74) is 3.16. The minimum atomic E-state index is -1.55. The molecule has 117 heavy (non-hydrogen) atoms. The van der Waals surface area contributed by atoms with Gasteiger partial charge in [-0.2, -0.15) is 0 Å². The lowest BCUT2D eigenvalue weighted by molar-refractivity contribution is -0.143. The Morgan fingerprint density at radius 2 is 0.752 bits per heavy atom. The predicted molar refractivity (Wildman–Crippen MR) is 524 cm³/mol. The van der Waals surface area contributed by atoms with Gasteiger partial charge in [-0.05, 0) is 167 Å². The molecule has 60 heteroatoms. The van der Waals surface area contributed by atoms with Gasteiger partial charge in [0.05, 0.1) is 38.4 Å². The number of hydrogen-bond donors (Lipinski definition) is 3. The molecule has 562 valence electrons. The number of aryl methyl sites for hydroxylation is 2. The number of ether oxygens (including phenoxy) is 5. The highest BCUT2D eigenvalue weighted by Gasteiger charge is 2.52. The van der Waals surface area contributed by atoms with E-state index in [1.54, 1.807) is 110 Å². The van der Waals surface area contributed by atoms with Gasteiger partial charge in [-0.3, -0.25) is 48.7 Å². The first-order valence-corrected chi connectivity index (χ1v) is 40.0. The summed E-state index contributed by atoms with van der Waals surface area (Å²) >= 11 is 19.2. The third-order valence-corrected chi connectivity index (χ3v) is 17.8. The van der Waals surface area contributed by atoms with E-state index in [2.05, 4.69) is 130 Å². The van der Waals surface area contributed by atoms with Gasteiger partial charge in [0.25, 0.3) is 11.8 Å². The van der Waals surface area contributed by atoms with Crippen molar-refractivity contribution in [3.8, 4) is 11.8 Å². The molecule has 0 aliphatic carbocycles. The number of hydrogen-bond acceptors (Lipinski definition) is 20. The molecule has 0 saturated heterocycles. The maximum Gasteiger partial charge on any atom is 0.490 e. The van der Waals surface area contributed by atoms with Crippen molar-refractivity contribution in [1.82, 2.24) is 39.7 Å². The number of aldehydes is 1. The fourth-order valence-corrected chi connectivity index (χ4v) is 10.9. The Morgan fingerprint density at radius 3 is 1.02 bits per heavy atom. The van der Waals surface area contributed by atoms with Crippen molar-refractivity contribution in [1.29, 1.82) is 0 Å². The largest absolute Gasteiger partial charge is 0.490 e. The van der Waals surface area contributed by atoms with Crippen LogP contribution >= 0.6 is 95.6 Å². The summed E-state index contributed by atoms with van der Waals surface area (Å²) < 4.78 is 28.8. The number of likely N-dealkylation sites (N-methyl/N-ethyl adjacent to an activating group) is 2. The normalized spacial score (nSPS) is 9.53. The molecule has 32 radical (unpaired) electrons. The van der Waals surface area contributed by atoms with Crippen molar-refractivity contribution in [2.45, 2.75) is 53.9 Å². The fraction of sp³-hybridized carbons (Fsp3) is 0.316. The van der Waals surface area contributed by atoms with Crippen LogP contribution in [-0.4, -0.2) is 384 Å². The third-order valence-electron chi connectivity index (χ3n) is 15.0. The molecule has 0 atom stereocenters. The maximum absolute atomic E-state index is 11.2. The average Bonchev–Trinajstić information content (AvgIpc) is 0.766. The molecular weight excluding hydrogens is 1850 g/mol. The monoisotopic (exact) mass is 1920 g/mol. The molecule has 2 amide bonds. The molecule has 6 aromatic heterocycles. The first-order valence-electron chi connectivity index (χ1n) is 35.0. The van der Waals surface area contributed by atoms with E-state index in [-0.39, 0.29) is 68.1 Å². The van der Waals surface area contributed by atoms with Gasteiger partial charge < -0.3 is 48.6 Å². The molecule has 0 fully saturated rings. The molecule has 0 aliphatic heterocycles. The number of rotatable bonds is 33. The van der Waals surface area contributed by atoms with E-state index >= 15 is 0 Å². The van der Waals surface area contributed by atoms with Crippen LogP contribution in [0.1, 0.15) is 68.6 Å². The molecule has 0 spiro atoms. The number of amides is 2. The summed E-state index contributed by atoms with van der Waals surface area (Å²) in [5.74, 6) is -1.07. The number of esters is 3. The van der Waals surface area contributed by atoms with Crippen LogP contribution in [0, 0.1) is 0 Å². The van der Waals surface area contributed by atoms with Crippen molar-refractivity contribution in [2.75, 3.05) is 66.6 Å². The smallest absolute Gasteiger partial charge is 0.481 e. The number of alkyl halides is 1. The van der Waals surface area contributed by atoms with Crippen LogP contribution in [0.4, 0.5) is 0 Å². The highest BCUT2D eigenvalue weighted by Crippen LogP contribution is 2.17. The van der Waals surface area contributed by atoms with Gasteiger partial charge in [-0.1, -0.05) is 29.4 Å². The lowest BCUT2D eigenvalue weighted by Gasteiger charge is -2.50. The van der Waals surface area contributed by atoms with Crippen molar-refractivity contribution in [3.63, 3.8) is 0 Å². The molecule has 0 bridgehead atoms. The number of halogens is 6. The number of carboxylic acids is 1. The van der Waals surface area contributed by atoms with Gasteiger partial charge in [0.15, 0.2) is 19.5 Å². The van der Waals surface area contributed by atoms with E-state index in [4.69, 9.17) is 158 Å². The van der Waals surface area contributed by atoms with Crippen LogP contribution in [-0.2, 0) is 55.8 Å². The molecule has 6 rings (SSSR count). The molecule has 6 heterocycles. The summed E-state index contributed by atoms with van der Waals surface area (Å²) in [7, 11) is 101. The van der Waals surface area contributed by atoms with E-state index in [1.165, 1.54) is 34.2 Å². The second-order valence-electron chi connectivity index (χ2n) is 24.4. The Kier molecular flexibility index (Phi) is 66.9. The van der Waals surface area contributed by atoms with Crippen LogP contribution in [0.25, 0.3) is 6.08 Å². The van der Waals surface area contributed by atoms with Gasteiger partial charge in [0.1, 0.15) is 11.0 Å². The quantitative estimate of drug-likeness (QED) is 0.01000. The summed E-state index contributed by atoms with van der Waals surface area (Å²) in [6.45, 7) is 6.55. The summed E-state index contributed by atoms with van der Waals surface area (Å²) in [4.78, 5) is 101. The Labute approximate surface area is 767 Å². The number of aromatic nitrogens is 6. The second-order valence-corrected chi connectivity index (χ2v) is 29.6. The van der Waals surface area contributed by atoms with E-state index in [0.717, 1.165) is 39.4 Å². The first-order chi connectivity index (χ1) is 54.4. The maximum atomic E-state index is 11.2. The Hall–Kier alpha value is -4.46. The number of aliphatic carboxylic acids is 1. The predicted octanol–water partition coefficient (Wildman–Crippen LogP) is -2.03. The van der Waals surface area contributed by atoms with Crippen molar-refractivity contribution in [3.05, 3.63) is 161 Å².